The van der Waals surface area contributed by atoms with E-state index in [2.05, 4.69) is 15.5 Å². The van der Waals surface area contributed by atoms with Crippen LogP contribution < -0.4 is 5.32 Å². The van der Waals surface area contributed by atoms with Gasteiger partial charge in [-0.25, -0.2) is 4.39 Å². The summed E-state index contributed by atoms with van der Waals surface area (Å²) in [4.78, 5) is 1.03. The minimum Gasteiger partial charge on any atom is -0.397 e. The van der Waals surface area contributed by atoms with Crippen LogP contribution in [-0.2, 0) is 0 Å². The van der Waals surface area contributed by atoms with Gasteiger partial charge in [0.05, 0.1) is 0 Å². The molecule has 0 atom stereocenters. The van der Waals surface area contributed by atoms with Gasteiger partial charge in [0.2, 0.25) is 0 Å². The van der Waals surface area contributed by atoms with E-state index in [1.54, 1.807) is 12.1 Å². The number of nitrogens with one attached hydrogen (secondary N) is 1. The van der Waals surface area contributed by atoms with E-state index in [-0.39, 0.29) is 11.8 Å². The molecule has 0 fully saturated rings. The zero-order chi connectivity index (χ0) is 14.7. The molecule has 0 aliphatic heterocycles. The van der Waals surface area contributed by atoms with E-state index in [1.807, 2.05) is 31.2 Å². The Balaban J connectivity index is 1.70. The highest BCUT2D eigenvalue weighted by atomic mass is 32.2. The molecule has 1 heterocycles. The number of halogens is 1. The first-order valence-corrected chi connectivity index (χ1v) is 7.11. The van der Waals surface area contributed by atoms with Crippen molar-refractivity contribution in [3.63, 3.8) is 0 Å². The second kappa shape index (κ2) is 5.97. The van der Waals surface area contributed by atoms with Gasteiger partial charge in [-0.3, -0.25) is 0 Å². The first-order valence-electron chi connectivity index (χ1n) is 6.30. The minimum atomic E-state index is -0.290. The quantitative estimate of drug-likeness (QED) is 0.773. The SMILES string of the molecule is Cc1cccc(Sc2nnc(Nc3ccc(F)cc3)o2)c1. The normalized spacial score (nSPS) is 10.6. The van der Waals surface area contributed by atoms with Gasteiger partial charge in [-0.2, -0.15) is 0 Å². The maximum Gasteiger partial charge on any atom is 0.320 e. The lowest BCUT2D eigenvalue weighted by atomic mass is 10.2. The van der Waals surface area contributed by atoms with E-state index in [4.69, 9.17) is 4.42 Å². The van der Waals surface area contributed by atoms with Gasteiger partial charge < -0.3 is 9.73 Å². The largest absolute Gasteiger partial charge is 0.397 e. The summed E-state index contributed by atoms with van der Waals surface area (Å²) in [5.74, 6) is -0.290. The predicted octanol–water partition coefficient (Wildman–Crippen LogP) is 4.41. The number of aromatic nitrogens is 2. The van der Waals surface area contributed by atoms with Crippen molar-refractivity contribution in [2.75, 3.05) is 5.32 Å². The van der Waals surface area contributed by atoms with Crippen LogP contribution in [0.4, 0.5) is 16.1 Å². The average Bonchev–Trinajstić information content (AvgIpc) is 2.89. The Morgan fingerprint density at radius 1 is 1.10 bits per heavy atom. The van der Waals surface area contributed by atoms with Crippen LogP contribution in [-0.4, -0.2) is 10.2 Å². The molecule has 2 aromatic carbocycles. The smallest absolute Gasteiger partial charge is 0.320 e. The summed E-state index contributed by atoms with van der Waals surface area (Å²) in [5.41, 5.74) is 1.86. The summed E-state index contributed by atoms with van der Waals surface area (Å²) < 4.78 is 18.3. The molecule has 0 spiro atoms. The monoisotopic (exact) mass is 301 g/mol. The molecule has 0 saturated carbocycles. The molecule has 0 bridgehead atoms. The number of anilines is 2. The zero-order valence-corrected chi connectivity index (χ0v) is 12.0. The van der Waals surface area contributed by atoms with Crippen LogP contribution in [0, 0.1) is 12.7 Å². The third-order valence-electron chi connectivity index (χ3n) is 2.70. The first-order chi connectivity index (χ1) is 10.2. The Hall–Kier alpha value is -2.34. The molecule has 106 valence electrons. The topological polar surface area (TPSA) is 51.0 Å². The Bertz CT molecular complexity index is 743. The van der Waals surface area contributed by atoms with Gasteiger partial charge in [0.15, 0.2) is 0 Å². The van der Waals surface area contributed by atoms with E-state index >= 15 is 0 Å². The lowest BCUT2D eigenvalue weighted by molar-refractivity contribution is 0.468. The fourth-order valence-corrected chi connectivity index (χ4v) is 2.53. The molecule has 1 aromatic heterocycles. The van der Waals surface area contributed by atoms with Crippen LogP contribution in [0.5, 0.6) is 0 Å². The standard InChI is InChI=1S/C15H12FN3OS/c1-10-3-2-4-13(9-10)21-15-19-18-14(20-15)17-12-7-5-11(16)6-8-12/h2-9H,1H3,(H,17,18). The van der Waals surface area contributed by atoms with Gasteiger partial charge in [0.25, 0.3) is 5.22 Å². The molecule has 4 nitrogen and oxygen atoms in total. The number of hydrogen-bond acceptors (Lipinski definition) is 5. The Morgan fingerprint density at radius 3 is 2.67 bits per heavy atom. The van der Waals surface area contributed by atoms with Gasteiger partial charge in [-0.1, -0.05) is 27.9 Å². The highest BCUT2D eigenvalue weighted by molar-refractivity contribution is 7.99. The summed E-state index contributed by atoms with van der Waals surface area (Å²) in [6, 6.07) is 14.2. The molecule has 0 aliphatic rings. The van der Waals surface area contributed by atoms with Crippen molar-refractivity contribution >= 4 is 23.5 Å². The maximum absolute atomic E-state index is 12.8. The maximum atomic E-state index is 12.8. The lowest BCUT2D eigenvalue weighted by Gasteiger charge is -2.00. The third-order valence-corrected chi connectivity index (χ3v) is 3.53. The van der Waals surface area contributed by atoms with Crippen molar-refractivity contribution in [2.45, 2.75) is 17.0 Å². The van der Waals surface area contributed by atoms with Crippen LogP contribution >= 0.6 is 11.8 Å². The van der Waals surface area contributed by atoms with Gasteiger partial charge in [-0.15, -0.1) is 0 Å². The summed E-state index contributed by atoms with van der Waals surface area (Å²) in [7, 11) is 0. The molecule has 3 rings (SSSR count). The predicted molar refractivity (Wildman–Crippen MR) is 79.3 cm³/mol. The lowest BCUT2D eigenvalue weighted by Crippen LogP contribution is -1.90. The number of rotatable bonds is 4. The molecule has 0 aliphatic carbocycles. The highest BCUT2D eigenvalue weighted by Crippen LogP contribution is 2.28. The average molecular weight is 301 g/mol. The van der Waals surface area contributed by atoms with Gasteiger partial charge >= 0.3 is 6.01 Å². The molecule has 3 aromatic rings. The van der Waals surface area contributed by atoms with Crippen LogP contribution in [0.1, 0.15) is 5.56 Å². The van der Waals surface area contributed by atoms with Crippen molar-refractivity contribution in [2.24, 2.45) is 0 Å². The molecule has 0 amide bonds. The van der Waals surface area contributed by atoms with E-state index < -0.39 is 0 Å². The van der Waals surface area contributed by atoms with Crippen molar-refractivity contribution in [3.8, 4) is 0 Å². The van der Waals surface area contributed by atoms with Crippen LogP contribution in [0.25, 0.3) is 0 Å². The fourth-order valence-electron chi connectivity index (χ4n) is 1.74. The van der Waals surface area contributed by atoms with Crippen LogP contribution in [0.2, 0.25) is 0 Å². The summed E-state index contributed by atoms with van der Waals surface area (Å²) in [5, 5.41) is 11.3. The van der Waals surface area contributed by atoms with Gasteiger partial charge in [0.1, 0.15) is 5.82 Å². The molecule has 0 saturated heterocycles. The number of aryl methyl sites for hydroxylation is 1. The van der Waals surface area contributed by atoms with E-state index in [9.17, 15) is 4.39 Å². The van der Waals surface area contributed by atoms with Gasteiger partial charge in [0, 0.05) is 10.6 Å². The Kier molecular flexibility index (Phi) is 3.87. The van der Waals surface area contributed by atoms with Crippen molar-refractivity contribution in [3.05, 3.63) is 59.9 Å². The number of hydrogen-bond donors (Lipinski definition) is 1. The number of benzene rings is 2. The molecule has 0 radical (unpaired) electrons. The Morgan fingerprint density at radius 2 is 1.90 bits per heavy atom. The van der Waals surface area contributed by atoms with Crippen LogP contribution in [0.3, 0.4) is 0 Å². The van der Waals surface area contributed by atoms with E-state index in [0.717, 1.165) is 4.90 Å². The second-order valence-corrected chi connectivity index (χ2v) is 5.45. The van der Waals surface area contributed by atoms with E-state index in [0.29, 0.717) is 10.9 Å². The Labute approximate surface area is 125 Å². The van der Waals surface area contributed by atoms with E-state index in [1.165, 1.54) is 29.5 Å². The van der Waals surface area contributed by atoms with Gasteiger partial charge in [-0.05, 0) is 55.1 Å². The molecule has 1 N–H and O–H groups in total. The van der Waals surface area contributed by atoms with Crippen LogP contribution in [0.15, 0.2) is 63.1 Å². The fraction of sp³-hybridized carbons (Fsp3) is 0.0667. The molecule has 21 heavy (non-hydrogen) atoms. The first kappa shape index (κ1) is 13.6. The summed E-state index contributed by atoms with van der Waals surface area (Å²) >= 11 is 1.40. The highest BCUT2D eigenvalue weighted by Gasteiger charge is 2.08. The van der Waals surface area contributed by atoms with Crippen molar-refractivity contribution < 1.29 is 8.81 Å². The molecule has 6 heteroatoms. The van der Waals surface area contributed by atoms with Crippen molar-refractivity contribution in [1.82, 2.24) is 10.2 Å². The third kappa shape index (κ3) is 3.61. The zero-order valence-electron chi connectivity index (χ0n) is 11.2. The molecular weight excluding hydrogens is 289 g/mol. The summed E-state index contributed by atoms with van der Waals surface area (Å²) in [6.45, 7) is 2.03. The summed E-state index contributed by atoms with van der Waals surface area (Å²) in [6.07, 6.45) is 0. The molecular formula is C15H12FN3OS. The van der Waals surface area contributed by atoms with Crippen molar-refractivity contribution in [1.29, 1.82) is 0 Å². The minimum absolute atomic E-state index is 0.275. The number of nitrogens with zero attached hydrogens (tertiary/aromatic N) is 2. The molecule has 0 unspecified atom stereocenters. The second-order valence-electron chi connectivity index (χ2n) is 4.42.